The fourth-order valence-corrected chi connectivity index (χ4v) is 3.57. The van der Waals surface area contributed by atoms with E-state index in [1.54, 1.807) is 0 Å². The lowest BCUT2D eigenvalue weighted by molar-refractivity contribution is 0.233. The van der Waals surface area contributed by atoms with Gasteiger partial charge in [-0.1, -0.05) is 26.2 Å². The summed E-state index contributed by atoms with van der Waals surface area (Å²) >= 11 is 0. The van der Waals surface area contributed by atoms with Crippen LogP contribution < -0.4 is 5.32 Å². The Morgan fingerprint density at radius 1 is 1.18 bits per heavy atom. The first-order valence-electron chi connectivity index (χ1n) is 7.76. The normalized spacial score (nSPS) is 30.7. The molecule has 0 bridgehead atoms. The van der Waals surface area contributed by atoms with Gasteiger partial charge in [0.15, 0.2) is 0 Å². The number of rotatable bonds is 7. The second kappa shape index (κ2) is 6.75. The molecule has 1 aliphatic heterocycles. The van der Waals surface area contributed by atoms with Crippen LogP contribution in [0, 0.1) is 11.8 Å². The molecule has 1 aliphatic carbocycles. The topological polar surface area (TPSA) is 15.3 Å². The molecule has 0 aromatic heterocycles. The molecule has 17 heavy (non-hydrogen) atoms. The molecule has 2 aliphatic rings. The van der Waals surface area contributed by atoms with Crippen LogP contribution in [0.3, 0.4) is 0 Å². The molecule has 2 fully saturated rings. The monoisotopic (exact) mass is 238 g/mol. The minimum atomic E-state index is 0.738. The number of fused-ring (bicyclic) bond motifs is 1. The second-order valence-corrected chi connectivity index (χ2v) is 6.17. The summed E-state index contributed by atoms with van der Waals surface area (Å²) in [5.41, 5.74) is 0. The fourth-order valence-electron chi connectivity index (χ4n) is 3.57. The zero-order valence-electron chi connectivity index (χ0n) is 11.8. The van der Waals surface area contributed by atoms with Crippen LogP contribution in [0.15, 0.2) is 0 Å². The average Bonchev–Trinajstić information content (AvgIpc) is 2.88. The van der Waals surface area contributed by atoms with Gasteiger partial charge in [-0.2, -0.15) is 0 Å². The van der Waals surface area contributed by atoms with Crippen molar-refractivity contribution in [2.24, 2.45) is 11.8 Å². The zero-order valence-corrected chi connectivity index (χ0v) is 11.8. The lowest BCUT2D eigenvalue weighted by atomic mass is 10.0. The SMILES string of the molecule is CCCCCNCC(C)N1CC2CCCC2C1. The van der Waals surface area contributed by atoms with Gasteiger partial charge in [0.25, 0.3) is 0 Å². The first kappa shape index (κ1) is 13.4. The van der Waals surface area contributed by atoms with Gasteiger partial charge in [-0.3, -0.25) is 4.90 Å². The van der Waals surface area contributed by atoms with Crippen LogP contribution in [0.4, 0.5) is 0 Å². The summed E-state index contributed by atoms with van der Waals surface area (Å²) in [6, 6.07) is 0.738. The molecular weight excluding hydrogens is 208 g/mol. The van der Waals surface area contributed by atoms with E-state index in [0.29, 0.717) is 0 Å². The van der Waals surface area contributed by atoms with Crippen molar-refractivity contribution in [1.29, 1.82) is 0 Å². The molecule has 2 rings (SSSR count). The fraction of sp³-hybridized carbons (Fsp3) is 1.00. The Labute approximate surface area is 107 Å². The molecule has 0 radical (unpaired) electrons. The Bertz CT molecular complexity index is 205. The van der Waals surface area contributed by atoms with E-state index in [2.05, 4.69) is 24.1 Å². The molecule has 0 amide bonds. The van der Waals surface area contributed by atoms with Crippen molar-refractivity contribution in [2.75, 3.05) is 26.2 Å². The largest absolute Gasteiger partial charge is 0.315 e. The number of hydrogen-bond acceptors (Lipinski definition) is 2. The van der Waals surface area contributed by atoms with Crippen molar-refractivity contribution in [3.8, 4) is 0 Å². The maximum Gasteiger partial charge on any atom is 0.0192 e. The molecule has 1 heterocycles. The van der Waals surface area contributed by atoms with Crippen LogP contribution in [0.1, 0.15) is 52.4 Å². The van der Waals surface area contributed by atoms with Crippen molar-refractivity contribution < 1.29 is 0 Å². The van der Waals surface area contributed by atoms with Gasteiger partial charge < -0.3 is 5.32 Å². The van der Waals surface area contributed by atoms with Gasteiger partial charge in [-0.25, -0.2) is 0 Å². The molecule has 1 N–H and O–H groups in total. The van der Waals surface area contributed by atoms with E-state index in [4.69, 9.17) is 0 Å². The zero-order chi connectivity index (χ0) is 12.1. The third-order valence-corrected chi connectivity index (χ3v) is 4.77. The van der Waals surface area contributed by atoms with Crippen molar-refractivity contribution in [1.82, 2.24) is 10.2 Å². The summed E-state index contributed by atoms with van der Waals surface area (Å²) in [6.07, 6.45) is 8.53. The van der Waals surface area contributed by atoms with E-state index < -0.39 is 0 Å². The Balaban J connectivity index is 1.59. The molecule has 1 saturated heterocycles. The molecule has 3 atom stereocenters. The Hall–Kier alpha value is -0.0800. The summed E-state index contributed by atoms with van der Waals surface area (Å²) in [6.45, 7) is 9.81. The number of hydrogen-bond donors (Lipinski definition) is 1. The van der Waals surface area contributed by atoms with Crippen LogP contribution in [-0.2, 0) is 0 Å². The van der Waals surface area contributed by atoms with Crippen molar-refractivity contribution >= 4 is 0 Å². The van der Waals surface area contributed by atoms with Gasteiger partial charge in [-0.05, 0) is 44.6 Å². The number of unbranched alkanes of at least 4 members (excludes halogenated alkanes) is 2. The first-order valence-corrected chi connectivity index (χ1v) is 7.76. The minimum absolute atomic E-state index is 0.738. The van der Waals surface area contributed by atoms with Crippen LogP contribution >= 0.6 is 0 Å². The standard InChI is InChI=1S/C15H30N2/c1-3-4-5-9-16-10-13(2)17-11-14-7-6-8-15(14)12-17/h13-16H,3-12H2,1-2H3. The van der Waals surface area contributed by atoms with Crippen LogP contribution in [0.2, 0.25) is 0 Å². The third-order valence-electron chi connectivity index (χ3n) is 4.77. The second-order valence-electron chi connectivity index (χ2n) is 6.17. The molecule has 0 aromatic carbocycles. The molecule has 3 unspecified atom stereocenters. The van der Waals surface area contributed by atoms with E-state index in [-0.39, 0.29) is 0 Å². The van der Waals surface area contributed by atoms with Gasteiger partial charge >= 0.3 is 0 Å². The summed E-state index contributed by atoms with van der Waals surface area (Å²) in [5, 5.41) is 3.62. The number of nitrogens with zero attached hydrogens (tertiary/aromatic N) is 1. The summed E-state index contributed by atoms with van der Waals surface area (Å²) in [7, 11) is 0. The highest BCUT2D eigenvalue weighted by atomic mass is 15.2. The van der Waals surface area contributed by atoms with Crippen LogP contribution in [-0.4, -0.2) is 37.1 Å². The summed E-state index contributed by atoms with van der Waals surface area (Å²) in [4.78, 5) is 2.72. The average molecular weight is 238 g/mol. The predicted octanol–water partition coefficient (Wildman–Crippen LogP) is 2.89. The van der Waals surface area contributed by atoms with E-state index in [9.17, 15) is 0 Å². The van der Waals surface area contributed by atoms with Crippen molar-refractivity contribution in [3.05, 3.63) is 0 Å². The predicted molar refractivity (Wildman–Crippen MR) is 74.3 cm³/mol. The minimum Gasteiger partial charge on any atom is -0.315 e. The number of likely N-dealkylation sites (tertiary alicyclic amines) is 1. The molecular formula is C15H30N2. The maximum absolute atomic E-state index is 3.62. The maximum atomic E-state index is 3.62. The van der Waals surface area contributed by atoms with Crippen molar-refractivity contribution in [3.63, 3.8) is 0 Å². The van der Waals surface area contributed by atoms with Gasteiger partial charge in [0.2, 0.25) is 0 Å². The van der Waals surface area contributed by atoms with E-state index >= 15 is 0 Å². The summed E-state index contributed by atoms with van der Waals surface area (Å²) in [5.74, 6) is 2.08. The Morgan fingerprint density at radius 2 is 1.88 bits per heavy atom. The highest BCUT2D eigenvalue weighted by molar-refractivity contribution is 4.90. The van der Waals surface area contributed by atoms with E-state index in [0.717, 1.165) is 17.9 Å². The summed E-state index contributed by atoms with van der Waals surface area (Å²) < 4.78 is 0. The van der Waals surface area contributed by atoms with Gasteiger partial charge in [0.05, 0.1) is 0 Å². The quantitative estimate of drug-likeness (QED) is 0.686. The molecule has 0 spiro atoms. The number of nitrogens with one attached hydrogen (secondary N) is 1. The molecule has 2 nitrogen and oxygen atoms in total. The van der Waals surface area contributed by atoms with Crippen LogP contribution in [0.25, 0.3) is 0 Å². The van der Waals surface area contributed by atoms with Gasteiger partial charge in [0.1, 0.15) is 0 Å². The lowest BCUT2D eigenvalue weighted by Gasteiger charge is -2.25. The smallest absolute Gasteiger partial charge is 0.0192 e. The van der Waals surface area contributed by atoms with Gasteiger partial charge in [0, 0.05) is 25.7 Å². The van der Waals surface area contributed by atoms with Crippen LogP contribution in [0.5, 0.6) is 0 Å². The van der Waals surface area contributed by atoms with Crippen molar-refractivity contribution in [2.45, 2.75) is 58.4 Å². The molecule has 1 saturated carbocycles. The van der Waals surface area contributed by atoms with Gasteiger partial charge in [-0.15, -0.1) is 0 Å². The highest BCUT2D eigenvalue weighted by Gasteiger charge is 2.37. The Morgan fingerprint density at radius 3 is 2.53 bits per heavy atom. The van der Waals surface area contributed by atoms with E-state index in [1.165, 1.54) is 64.7 Å². The lowest BCUT2D eigenvalue weighted by Crippen LogP contribution is -2.39. The van der Waals surface area contributed by atoms with E-state index in [1.807, 2.05) is 0 Å². The Kier molecular flexibility index (Phi) is 5.30. The third kappa shape index (κ3) is 3.69. The molecule has 0 aromatic rings. The first-order chi connectivity index (χ1) is 8.31. The molecule has 2 heteroatoms. The molecule has 100 valence electrons. The highest BCUT2D eigenvalue weighted by Crippen LogP contribution is 2.38.